The van der Waals surface area contributed by atoms with Crippen molar-refractivity contribution in [3.8, 4) is 0 Å². The van der Waals surface area contributed by atoms with Gasteiger partial charge >= 0.3 is 6.18 Å². The van der Waals surface area contributed by atoms with Crippen LogP contribution in [0.25, 0.3) is 0 Å². The Kier molecular flexibility index (Phi) is 5.36. The van der Waals surface area contributed by atoms with Gasteiger partial charge in [0.15, 0.2) is 0 Å². The maximum absolute atomic E-state index is 13.1. The van der Waals surface area contributed by atoms with Crippen LogP contribution < -0.4 is 5.73 Å². The van der Waals surface area contributed by atoms with Gasteiger partial charge in [-0.2, -0.15) is 13.2 Å². The molecule has 154 valence electrons. The van der Waals surface area contributed by atoms with Gasteiger partial charge in [0.25, 0.3) is 11.8 Å². The molecule has 1 aromatic carbocycles. The summed E-state index contributed by atoms with van der Waals surface area (Å²) in [7, 11) is 0. The van der Waals surface area contributed by atoms with E-state index in [1.165, 1.54) is 29.3 Å². The fourth-order valence-corrected chi connectivity index (χ4v) is 3.28. The van der Waals surface area contributed by atoms with Gasteiger partial charge in [0, 0.05) is 12.7 Å². The number of halogens is 3. The van der Waals surface area contributed by atoms with E-state index in [0.29, 0.717) is 5.56 Å². The number of hydrogen-bond donors (Lipinski definition) is 1. The van der Waals surface area contributed by atoms with Crippen molar-refractivity contribution in [3.63, 3.8) is 0 Å². The molecule has 1 unspecified atom stereocenters. The van der Waals surface area contributed by atoms with Crippen molar-refractivity contribution in [1.29, 1.82) is 0 Å². The molecule has 1 fully saturated rings. The molecule has 2 N–H and O–H groups in total. The molecule has 1 aromatic heterocycles. The summed E-state index contributed by atoms with van der Waals surface area (Å²) in [5.41, 5.74) is 4.23. The number of amides is 2. The second-order valence-corrected chi connectivity index (χ2v) is 7.47. The van der Waals surface area contributed by atoms with Gasteiger partial charge in [0.05, 0.1) is 23.3 Å². The number of carbonyl (C=O) groups excluding carboxylic acids is 2. The highest BCUT2D eigenvalue weighted by Crippen LogP contribution is 2.35. The summed E-state index contributed by atoms with van der Waals surface area (Å²) >= 11 is 0. The predicted octanol–water partition coefficient (Wildman–Crippen LogP) is 3.19. The van der Waals surface area contributed by atoms with Crippen LogP contribution in [0.4, 0.5) is 13.2 Å². The third-order valence-corrected chi connectivity index (χ3v) is 4.55. The zero-order valence-corrected chi connectivity index (χ0v) is 15.9. The van der Waals surface area contributed by atoms with Gasteiger partial charge in [-0.25, -0.2) is 0 Å². The summed E-state index contributed by atoms with van der Waals surface area (Å²) in [6.07, 6.45) is -3.93. The molecule has 0 bridgehead atoms. The second kappa shape index (κ2) is 7.47. The highest BCUT2D eigenvalue weighted by Gasteiger charge is 2.38. The number of hydrogen-bond acceptors (Lipinski definition) is 4. The van der Waals surface area contributed by atoms with Crippen molar-refractivity contribution in [1.82, 2.24) is 9.88 Å². The highest BCUT2D eigenvalue weighted by atomic mass is 19.4. The minimum atomic E-state index is -4.47. The van der Waals surface area contributed by atoms with Crippen molar-refractivity contribution in [2.24, 2.45) is 5.73 Å². The van der Waals surface area contributed by atoms with E-state index in [1.54, 1.807) is 19.9 Å². The van der Waals surface area contributed by atoms with Crippen molar-refractivity contribution < 1.29 is 27.5 Å². The summed E-state index contributed by atoms with van der Waals surface area (Å²) in [5, 5.41) is 0. The van der Waals surface area contributed by atoms with E-state index in [0.717, 1.165) is 12.1 Å². The van der Waals surface area contributed by atoms with Crippen molar-refractivity contribution in [2.45, 2.75) is 31.7 Å². The predicted molar refractivity (Wildman–Crippen MR) is 98.0 cm³/mol. The summed E-state index contributed by atoms with van der Waals surface area (Å²) in [5.74, 6) is -1.07. The SMILES string of the molecule is CC1(C)CN(C(=O)c2ccc(C(N)=O)nc2)CC(c2cccc(C(F)(F)F)c2)O1. The smallest absolute Gasteiger partial charge is 0.364 e. The molecule has 0 aliphatic carbocycles. The van der Waals surface area contributed by atoms with Crippen molar-refractivity contribution >= 4 is 11.8 Å². The molecule has 1 aliphatic rings. The van der Waals surface area contributed by atoms with E-state index in [2.05, 4.69) is 4.98 Å². The van der Waals surface area contributed by atoms with Crippen LogP contribution >= 0.6 is 0 Å². The van der Waals surface area contributed by atoms with Gasteiger partial charge in [-0.1, -0.05) is 12.1 Å². The second-order valence-electron chi connectivity index (χ2n) is 7.47. The number of benzene rings is 1. The number of morpholine rings is 1. The summed E-state index contributed by atoms with van der Waals surface area (Å²) in [6, 6.07) is 7.70. The van der Waals surface area contributed by atoms with Crippen LogP contribution in [0.5, 0.6) is 0 Å². The number of ether oxygens (including phenoxy) is 1. The standard InChI is InChI=1S/C20H20F3N3O3/c1-19(2)11-26(18(28)13-6-7-15(17(24)27)25-9-13)10-16(29-19)12-4-3-5-14(8-12)20(21,22)23/h3-9,16H,10-11H2,1-2H3,(H2,24,27). The Morgan fingerprint density at radius 3 is 2.55 bits per heavy atom. The molecular formula is C20H20F3N3O3. The number of rotatable bonds is 3. The molecule has 0 spiro atoms. The van der Waals surface area contributed by atoms with Gasteiger partial charge in [-0.3, -0.25) is 14.6 Å². The number of nitrogens with two attached hydrogens (primary N) is 1. The first-order valence-corrected chi connectivity index (χ1v) is 8.86. The van der Waals surface area contributed by atoms with Crippen LogP contribution in [0.3, 0.4) is 0 Å². The molecule has 6 nitrogen and oxygen atoms in total. The fraction of sp³-hybridized carbons (Fsp3) is 0.350. The number of primary amides is 1. The molecule has 0 radical (unpaired) electrons. The monoisotopic (exact) mass is 407 g/mol. The quantitative estimate of drug-likeness (QED) is 0.847. The maximum Gasteiger partial charge on any atom is 0.416 e. The first kappa shape index (κ1) is 20.8. The normalized spacial score (nSPS) is 19.1. The van der Waals surface area contributed by atoms with E-state index in [1.807, 2.05) is 0 Å². The zero-order valence-electron chi connectivity index (χ0n) is 15.9. The summed E-state index contributed by atoms with van der Waals surface area (Å²) in [4.78, 5) is 29.4. The minimum Gasteiger partial charge on any atom is -0.364 e. The molecular weight excluding hydrogens is 387 g/mol. The van der Waals surface area contributed by atoms with Crippen LogP contribution in [0.2, 0.25) is 0 Å². The lowest BCUT2D eigenvalue weighted by molar-refractivity contribution is -0.138. The molecule has 29 heavy (non-hydrogen) atoms. The first-order chi connectivity index (χ1) is 13.5. The van der Waals surface area contributed by atoms with Crippen molar-refractivity contribution in [3.05, 3.63) is 65.0 Å². The van der Waals surface area contributed by atoms with Gasteiger partial charge in [0.1, 0.15) is 11.8 Å². The lowest BCUT2D eigenvalue weighted by atomic mass is 9.99. The average molecular weight is 407 g/mol. The van der Waals surface area contributed by atoms with E-state index < -0.39 is 29.4 Å². The molecule has 3 rings (SSSR count). The maximum atomic E-state index is 13.1. The summed E-state index contributed by atoms with van der Waals surface area (Å²) in [6.45, 7) is 3.86. The lowest BCUT2D eigenvalue weighted by Crippen LogP contribution is -2.51. The van der Waals surface area contributed by atoms with Crippen LogP contribution in [0, 0.1) is 0 Å². The molecule has 1 aliphatic heterocycles. The molecule has 2 amide bonds. The Bertz CT molecular complexity index is 927. The Morgan fingerprint density at radius 1 is 1.24 bits per heavy atom. The lowest BCUT2D eigenvalue weighted by Gasteiger charge is -2.43. The van der Waals surface area contributed by atoms with E-state index in [4.69, 9.17) is 10.5 Å². The van der Waals surface area contributed by atoms with E-state index >= 15 is 0 Å². The topological polar surface area (TPSA) is 85.5 Å². The van der Waals surface area contributed by atoms with Crippen LogP contribution in [0.15, 0.2) is 42.6 Å². The largest absolute Gasteiger partial charge is 0.416 e. The molecule has 1 atom stereocenters. The number of pyridine rings is 1. The van der Waals surface area contributed by atoms with Crippen LogP contribution in [0.1, 0.15) is 51.9 Å². The minimum absolute atomic E-state index is 0.0331. The number of aromatic nitrogens is 1. The Hall–Kier alpha value is -2.94. The fourth-order valence-electron chi connectivity index (χ4n) is 3.28. The average Bonchev–Trinajstić information content (AvgIpc) is 2.65. The molecule has 1 saturated heterocycles. The van der Waals surface area contributed by atoms with Crippen molar-refractivity contribution in [2.75, 3.05) is 13.1 Å². The number of carbonyl (C=O) groups is 2. The van der Waals surface area contributed by atoms with E-state index in [9.17, 15) is 22.8 Å². The van der Waals surface area contributed by atoms with Gasteiger partial charge < -0.3 is 15.4 Å². The van der Waals surface area contributed by atoms with Gasteiger partial charge in [0.2, 0.25) is 0 Å². The summed E-state index contributed by atoms with van der Waals surface area (Å²) < 4.78 is 45.1. The third-order valence-electron chi connectivity index (χ3n) is 4.55. The van der Waals surface area contributed by atoms with E-state index in [-0.39, 0.29) is 30.3 Å². The highest BCUT2D eigenvalue weighted by molar-refractivity contribution is 5.95. The van der Waals surface area contributed by atoms with Gasteiger partial charge in [-0.15, -0.1) is 0 Å². The van der Waals surface area contributed by atoms with Gasteiger partial charge in [-0.05, 0) is 43.7 Å². The van der Waals surface area contributed by atoms with Crippen LogP contribution in [-0.4, -0.2) is 40.4 Å². The number of alkyl halides is 3. The zero-order chi connectivity index (χ0) is 21.4. The molecule has 2 aromatic rings. The Balaban J connectivity index is 1.86. The Labute approximate surface area is 165 Å². The molecule has 9 heteroatoms. The number of nitrogens with zero attached hydrogens (tertiary/aromatic N) is 2. The molecule has 0 saturated carbocycles. The van der Waals surface area contributed by atoms with Crippen LogP contribution in [-0.2, 0) is 10.9 Å². The first-order valence-electron chi connectivity index (χ1n) is 8.86. The molecule has 2 heterocycles. The third kappa shape index (κ3) is 4.73. The Morgan fingerprint density at radius 2 is 1.97 bits per heavy atom.